The summed E-state index contributed by atoms with van der Waals surface area (Å²) in [5.41, 5.74) is 5.22. The van der Waals surface area contributed by atoms with Gasteiger partial charge in [0.25, 0.3) is 5.91 Å². The number of nitrogens with zero attached hydrogens (tertiary/aromatic N) is 6. The molecule has 0 radical (unpaired) electrons. The van der Waals surface area contributed by atoms with Gasteiger partial charge in [-0.3, -0.25) is 4.79 Å². The first-order valence-electron chi connectivity index (χ1n) is 14.7. The number of fused-ring (bicyclic) bond motifs is 1. The van der Waals surface area contributed by atoms with Crippen LogP contribution in [0.2, 0.25) is 0 Å². The molecule has 0 aliphatic carbocycles. The molecule has 1 aliphatic rings. The van der Waals surface area contributed by atoms with Gasteiger partial charge in [-0.05, 0) is 80.1 Å². The molecule has 11 nitrogen and oxygen atoms in total. The molecule has 0 spiro atoms. The molecule has 11 heteroatoms. The van der Waals surface area contributed by atoms with Gasteiger partial charge in [-0.25, -0.2) is 24.7 Å². The Balaban J connectivity index is 1.25. The third-order valence-electron chi connectivity index (χ3n) is 7.49. The predicted octanol–water partition coefficient (Wildman–Crippen LogP) is 5.71. The summed E-state index contributed by atoms with van der Waals surface area (Å²) in [5.74, 6) is 1.33. The Morgan fingerprint density at radius 1 is 0.800 bits per heavy atom. The van der Waals surface area contributed by atoms with Gasteiger partial charge in [0.2, 0.25) is 0 Å². The van der Waals surface area contributed by atoms with Gasteiger partial charge >= 0.3 is 6.03 Å². The topological polar surface area (TPSA) is 125 Å². The first kappa shape index (κ1) is 29.6. The minimum Gasteiger partial charge on any atom is -0.372 e. The highest BCUT2D eigenvalue weighted by atomic mass is 16.5. The van der Waals surface area contributed by atoms with Crippen molar-refractivity contribution in [1.29, 1.82) is 0 Å². The van der Waals surface area contributed by atoms with Gasteiger partial charge in [0, 0.05) is 73.0 Å². The van der Waals surface area contributed by atoms with Gasteiger partial charge < -0.3 is 25.2 Å². The second-order valence-corrected chi connectivity index (χ2v) is 11.3. The molecule has 0 saturated carbocycles. The highest BCUT2D eigenvalue weighted by molar-refractivity contribution is 6.00. The van der Waals surface area contributed by atoms with Gasteiger partial charge in [0.15, 0.2) is 5.82 Å². The largest absolute Gasteiger partial charge is 0.372 e. The number of carbonyl (C=O) groups excluding carboxylic acids is 2. The van der Waals surface area contributed by atoms with Crippen LogP contribution in [0.25, 0.3) is 33.4 Å². The molecule has 3 heterocycles. The van der Waals surface area contributed by atoms with Crippen LogP contribution in [0, 0.1) is 0 Å². The van der Waals surface area contributed by atoms with E-state index in [2.05, 4.69) is 45.4 Å². The van der Waals surface area contributed by atoms with Crippen LogP contribution in [-0.4, -0.2) is 76.2 Å². The number of aromatic nitrogens is 4. The minimum atomic E-state index is -0.397. The molecule has 3 amide bonds. The minimum absolute atomic E-state index is 0.0675. The van der Waals surface area contributed by atoms with Crippen molar-refractivity contribution in [3.05, 3.63) is 91.0 Å². The zero-order valence-corrected chi connectivity index (χ0v) is 25.6. The number of ether oxygens (including phenoxy) is 1. The van der Waals surface area contributed by atoms with Crippen LogP contribution in [0.1, 0.15) is 24.2 Å². The number of urea groups is 1. The monoisotopic (exact) mass is 602 g/mol. The first-order chi connectivity index (χ1) is 21.7. The van der Waals surface area contributed by atoms with E-state index < -0.39 is 6.03 Å². The fourth-order valence-corrected chi connectivity index (χ4v) is 5.41. The number of carbonyl (C=O) groups is 2. The number of morpholine rings is 1. The van der Waals surface area contributed by atoms with E-state index in [4.69, 9.17) is 14.7 Å². The Morgan fingerprint density at radius 3 is 2.02 bits per heavy atom. The van der Waals surface area contributed by atoms with Crippen LogP contribution in [0.4, 0.5) is 22.0 Å². The highest BCUT2D eigenvalue weighted by Crippen LogP contribution is 2.32. The van der Waals surface area contributed by atoms with Crippen LogP contribution < -0.4 is 15.5 Å². The molecule has 1 saturated heterocycles. The van der Waals surface area contributed by atoms with Gasteiger partial charge in [-0.2, -0.15) is 0 Å². The molecular weight excluding hydrogens is 568 g/mol. The zero-order valence-electron chi connectivity index (χ0n) is 25.6. The van der Waals surface area contributed by atoms with Gasteiger partial charge in [-0.1, -0.05) is 6.07 Å². The molecule has 5 aromatic rings. The first-order valence-corrected chi connectivity index (χ1v) is 14.7. The summed E-state index contributed by atoms with van der Waals surface area (Å²) >= 11 is 0. The second kappa shape index (κ2) is 12.7. The lowest BCUT2D eigenvalue weighted by atomic mass is 10.1. The normalized spacial score (nSPS) is 16.3. The lowest BCUT2D eigenvalue weighted by Crippen LogP contribution is -2.46. The molecule has 1 fully saturated rings. The average molecular weight is 603 g/mol. The van der Waals surface area contributed by atoms with Crippen molar-refractivity contribution in [2.24, 2.45) is 0 Å². The summed E-state index contributed by atoms with van der Waals surface area (Å²) in [6, 6.07) is 19.9. The van der Waals surface area contributed by atoms with Crippen LogP contribution >= 0.6 is 0 Å². The number of hydrogen-bond donors (Lipinski definition) is 2. The van der Waals surface area contributed by atoms with Crippen molar-refractivity contribution >= 4 is 40.0 Å². The standard InChI is InChI=1S/C34H34N8O3/c1-21-18-42(19-22(2)45-21)32-29-14-9-25(26-16-35-20-36-17-26)15-30(29)39-31(40-32)23-5-10-27(11-6-23)37-34(44)38-28-12-7-24(8-13-28)33(43)41(3)4/h5-17,20-22H,18-19H2,1-4H3,(H2,37,38,44). The maximum Gasteiger partial charge on any atom is 0.323 e. The van der Waals surface area contributed by atoms with E-state index in [9.17, 15) is 9.59 Å². The second-order valence-electron chi connectivity index (χ2n) is 11.3. The Bertz CT molecular complexity index is 1820. The Hall–Kier alpha value is -5.42. The van der Waals surface area contributed by atoms with Crippen LogP contribution in [0.3, 0.4) is 0 Å². The highest BCUT2D eigenvalue weighted by Gasteiger charge is 2.25. The summed E-state index contributed by atoms with van der Waals surface area (Å²) in [5, 5.41) is 6.60. The molecule has 2 atom stereocenters. The van der Waals surface area contributed by atoms with E-state index in [0.717, 1.165) is 46.5 Å². The van der Waals surface area contributed by atoms with E-state index in [-0.39, 0.29) is 18.1 Å². The van der Waals surface area contributed by atoms with Crippen molar-refractivity contribution < 1.29 is 14.3 Å². The molecule has 2 N–H and O–H groups in total. The Kier molecular flexibility index (Phi) is 8.35. The van der Waals surface area contributed by atoms with Crippen molar-refractivity contribution in [2.75, 3.05) is 42.7 Å². The number of nitrogens with one attached hydrogen (secondary N) is 2. The number of benzene rings is 3. The third-order valence-corrected chi connectivity index (χ3v) is 7.49. The molecule has 2 aromatic heterocycles. The van der Waals surface area contributed by atoms with E-state index >= 15 is 0 Å². The van der Waals surface area contributed by atoms with Gasteiger partial charge in [0.1, 0.15) is 12.1 Å². The third kappa shape index (κ3) is 6.73. The van der Waals surface area contributed by atoms with Gasteiger partial charge in [0.05, 0.1) is 17.7 Å². The molecular formula is C34H34N8O3. The van der Waals surface area contributed by atoms with E-state index in [0.29, 0.717) is 22.8 Å². The van der Waals surface area contributed by atoms with E-state index in [1.165, 1.54) is 11.2 Å². The maximum absolute atomic E-state index is 12.7. The van der Waals surface area contributed by atoms with Crippen LogP contribution in [0.5, 0.6) is 0 Å². The summed E-state index contributed by atoms with van der Waals surface area (Å²) in [7, 11) is 3.39. The molecule has 3 aromatic carbocycles. The fraction of sp³-hybridized carbons (Fsp3) is 0.235. The number of anilines is 3. The summed E-state index contributed by atoms with van der Waals surface area (Å²) in [6.45, 7) is 5.58. The predicted molar refractivity (Wildman–Crippen MR) is 175 cm³/mol. The molecule has 228 valence electrons. The molecule has 6 rings (SSSR count). The summed E-state index contributed by atoms with van der Waals surface area (Å²) < 4.78 is 5.99. The smallest absolute Gasteiger partial charge is 0.323 e. The lowest BCUT2D eigenvalue weighted by Gasteiger charge is -2.36. The molecule has 0 bridgehead atoms. The van der Waals surface area contributed by atoms with E-state index in [1.807, 2.05) is 36.4 Å². The molecule has 2 unspecified atom stereocenters. The Morgan fingerprint density at radius 2 is 1.40 bits per heavy atom. The number of rotatable bonds is 6. The molecule has 1 aliphatic heterocycles. The molecule has 45 heavy (non-hydrogen) atoms. The zero-order chi connectivity index (χ0) is 31.5. The quantitative estimate of drug-likeness (QED) is 0.253. The van der Waals surface area contributed by atoms with Crippen molar-refractivity contribution in [3.8, 4) is 22.5 Å². The summed E-state index contributed by atoms with van der Waals surface area (Å²) in [6.07, 6.45) is 5.21. The van der Waals surface area contributed by atoms with Gasteiger partial charge in [-0.15, -0.1) is 0 Å². The van der Waals surface area contributed by atoms with E-state index in [1.54, 1.807) is 50.8 Å². The summed E-state index contributed by atoms with van der Waals surface area (Å²) in [4.78, 5) is 46.9. The fourth-order valence-electron chi connectivity index (χ4n) is 5.41. The number of hydrogen-bond acceptors (Lipinski definition) is 8. The lowest BCUT2D eigenvalue weighted by molar-refractivity contribution is -0.00537. The van der Waals surface area contributed by atoms with Crippen LogP contribution in [0.15, 0.2) is 85.5 Å². The van der Waals surface area contributed by atoms with Crippen molar-refractivity contribution in [1.82, 2.24) is 24.8 Å². The SMILES string of the molecule is CC1CN(c2nc(-c3ccc(NC(=O)Nc4ccc(C(=O)N(C)C)cc4)cc3)nc3cc(-c4cncnc4)ccc23)CC(C)O1. The van der Waals surface area contributed by atoms with Crippen molar-refractivity contribution in [3.63, 3.8) is 0 Å². The maximum atomic E-state index is 12.7. The number of amides is 3. The Labute approximate surface area is 261 Å². The van der Waals surface area contributed by atoms with Crippen LogP contribution in [-0.2, 0) is 4.74 Å². The average Bonchev–Trinajstić information content (AvgIpc) is 3.04. The van der Waals surface area contributed by atoms with Crippen molar-refractivity contribution in [2.45, 2.75) is 26.1 Å².